The molecular formula is C49H64N8O8. The second kappa shape index (κ2) is 19.3. The Hall–Kier alpha value is -5.84. The summed E-state index contributed by atoms with van der Waals surface area (Å²) in [7, 11) is 4.74. The maximum Gasteiger partial charge on any atom is 0.324 e. The van der Waals surface area contributed by atoms with Crippen molar-refractivity contribution in [1.29, 1.82) is 0 Å². The van der Waals surface area contributed by atoms with Gasteiger partial charge in [-0.3, -0.25) is 34.0 Å². The van der Waals surface area contributed by atoms with Crippen LogP contribution >= 0.6 is 0 Å². The highest BCUT2D eigenvalue weighted by atomic mass is 16.5. The molecule has 4 N–H and O–H groups in total. The SMILES string of the molecule is CCn1c(-c2cccnc2[C@H](C)OC)c2c3cc(ccc31)-c1cc(O)cc(c1)C[C@H](NC(=O)C(C(C)C)N(C)C(=O)CN(C)C(=O)[C@@H]1CN1)C(=O)N1CCC[C@H](N1)C(=O)OCC(C)(C)C2. The lowest BCUT2D eigenvalue weighted by atomic mass is 9.84. The fourth-order valence-corrected chi connectivity index (χ4v) is 9.30. The molecule has 5 heterocycles. The summed E-state index contributed by atoms with van der Waals surface area (Å²) < 4.78 is 14.2. The third-order valence-electron chi connectivity index (χ3n) is 12.8. The number of carbonyl (C=O) groups excluding carboxylic acids is 5. The van der Waals surface area contributed by atoms with Gasteiger partial charge in [0.15, 0.2) is 0 Å². The van der Waals surface area contributed by atoms with Crippen LogP contribution < -0.4 is 16.1 Å². The number of ether oxygens (including phenoxy) is 2. The number of nitrogens with zero attached hydrogens (tertiary/aromatic N) is 5. The lowest BCUT2D eigenvalue weighted by Crippen LogP contribution is -2.62. The Bertz CT molecular complexity index is 2460. The number of hydrazine groups is 1. The highest BCUT2D eigenvalue weighted by Crippen LogP contribution is 2.42. The zero-order chi connectivity index (χ0) is 46.9. The average molecular weight is 893 g/mol. The number of rotatable bonds is 11. The number of nitrogens with one attached hydrogen (secondary N) is 3. The van der Waals surface area contributed by atoms with Crippen molar-refractivity contribution in [2.45, 2.75) is 104 Å². The average Bonchev–Trinajstić information content (AvgIpc) is 4.09. The molecule has 65 heavy (non-hydrogen) atoms. The van der Waals surface area contributed by atoms with Crippen LogP contribution in [0.1, 0.15) is 77.3 Å². The van der Waals surface area contributed by atoms with Gasteiger partial charge in [-0.2, -0.15) is 0 Å². The summed E-state index contributed by atoms with van der Waals surface area (Å²) in [6.07, 6.45) is 2.94. The second-order valence-electron chi connectivity index (χ2n) is 18.9. The number of pyridine rings is 1. The van der Waals surface area contributed by atoms with E-state index < -0.39 is 47.2 Å². The largest absolute Gasteiger partial charge is 0.508 e. The summed E-state index contributed by atoms with van der Waals surface area (Å²) >= 11 is 0. The lowest BCUT2D eigenvalue weighted by molar-refractivity contribution is -0.155. The molecule has 0 aliphatic carbocycles. The molecule has 3 aliphatic heterocycles. The second-order valence-corrected chi connectivity index (χ2v) is 18.9. The van der Waals surface area contributed by atoms with E-state index in [1.807, 2.05) is 39.0 Å². The van der Waals surface area contributed by atoms with Crippen LogP contribution in [0.5, 0.6) is 5.75 Å². The van der Waals surface area contributed by atoms with Crippen LogP contribution in [0.15, 0.2) is 54.7 Å². The number of fused-ring (bicyclic) bond motifs is 6. The number of hydrogen-bond acceptors (Lipinski definition) is 11. The topological polar surface area (TPSA) is 198 Å². The molecule has 348 valence electrons. The quantitative estimate of drug-likeness (QED) is 0.123. The molecule has 1 unspecified atom stereocenters. The van der Waals surface area contributed by atoms with Gasteiger partial charge in [0.1, 0.15) is 23.9 Å². The van der Waals surface area contributed by atoms with Crippen molar-refractivity contribution in [2.75, 3.05) is 47.4 Å². The minimum absolute atomic E-state index is 0.0179. The number of likely N-dealkylation sites (N-methyl/N-ethyl adjacent to an activating group) is 2. The molecule has 4 aromatic rings. The monoisotopic (exact) mass is 892 g/mol. The van der Waals surface area contributed by atoms with Crippen LogP contribution in [0.4, 0.5) is 0 Å². The first kappa shape index (κ1) is 47.1. The fraction of sp³-hybridized carbons (Fsp3) is 0.510. The molecule has 3 aliphatic rings. The predicted molar refractivity (Wildman–Crippen MR) is 246 cm³/mol. The minimum atomic E-state index is -1.18. The zero-order valence-corrected chi connectivity index (χ0v) is 39.1. The van der Waals surface area contributed by atoms with Gasteiger partial charge in [0.05, 0.1) is 36.7 Å². The first-order valence-corrected chi connectivity index (χ1v) is 22.7. The number of methoxy groups -OCH3 is 1. The van der Waals surface area contributed by atoms with Gasteiger partial charge in [0.2, 0.25) is 17.7 Å². The van der Waals surface area contributed by atoms with Crippen molar-refractivity contribution < 1.29 is 38.6 Å². The maximum atomic E-state index is 14.7. The number of esters is 1. The lowest BCUT2D eigenvalue weighted by Gasteiger charge is -2.37. The number of phenols is 1. The number of aromatic nitrogens is 2. The Morgan fingerprint density at radius 3 is 2.52 bits per heavy atom. The Morgan fingerprint density at radius 1 is 1.08 bits per heavy atom. The van der Waals surface area contributed by atoms with E-state index in [9.17, 15) is 29.1 Å². The summed E-state index contributed by atoms with van der Waals surface area (Å²) in [5.41, 5.74) is 9.48. The van der Waals surface area contributed by atoms with Crippen LogP contribution in [0.25, 0.3) is 33.3 Å². The van der Waals surface area contributed by atoms with Crippen molar-refractivity contribution in [1.82, 2.24) is 40.4 Å². The summed E-state index contributed by atoms with van der Waals surface area (Å²) in [6, 6.07) is 12.1. The molecule has 0 radical (unpaired) electrons. The van der Waals surface area contributed by atoms with E-state index in [1.165, 1.54) is 21.9 Å². The Balaban J connectivity index is 1.31. The normalized spacial score (nSPS) is 20.7. The molecule has 2 aromatic carbocycles. The van der Waals surface area contributed by atoms with Crippen LogP contribution in [-0.4, -0.2) is 131 Å². The van der Waals surface area contributed by atoms with E-state index in [2.05, 4.69) is 59.6 Å². The fourth-order valence-electron chi connectivity index (χ4n) is 9.30. The van der Waals surface area contributed by atoms with Gasteiger partial charge in [0, 0.05) is 75.3 Å². The Morgan fingerprint density at radius 2 is 1.83 bits per heavy atom. The molecule has 2 fully saturated rings. The number of hydrogen-bond donors (Lipinski definition) is 4. The van der Waals surface area contributed by atoms with E-state index >= 15 is 0 Å². The predicted octanol–water partition coefficient (Wildman–Crippen LogP) is 4.36. The summed E-state index contributed by atoms with van der Waals surface area (Å²) in [5.74, 6) is -2.56. The highest BCUT2D eigenvalue weighted by Gasteiger charge is 2.39. The van der Waals surface area contributed by atoms with Crippen LogP contribution in [0, 0.1) is 11.3 Å². The van der Waals surface area contributed by atoms with Crippen molar-refractivity contribution in [3.05, 3.63) is 71.5 Å². The molecule has 0 spiro atoms. The van der Waals surface area contributed by atoms with E-state index in [4.69, 9.17) is 14.5 Å². The standard InChI is InChI=1S/C49H64N8O8/c1-10-56-40-16-15-31-23-35(40)36(44(56)34-13-11-17-50-42(34)29(4)64-9)24-49(5,6)27-65-48(63)37-14-12-18-57(53-37)47(62)38(21-30-19-32(31)22-33(58)20-30)52-45(60)43(28(2)3)55(8)41(59)26-54(7)46(61)39-25-51-39/h11,13,15-17,19-20,22-23,28-29,37-39,43,51,53,58H,10,12,14,18,21,24-27H2,1-9H3,(H,52,60)/t29-,37-,38-,39-,43?/m0/s1. The number of phenolic OH excluding ortho intramolecular Hbond substituents is 1. The Kier molecular flexibility index (Phi) is 14.0. The Labute approximate surface area is 381 Å². The summed E-state index contributed by atoms with van der Waals surface area (Å²) in [5, 5.41) is 19.6. The highest BCUT2D eigenvalue weighted by molar-refractivity contribution is 5.96. The minimum Gasteiger partial charge on any atom is -0.508 e. The van der Waals surface area contributed by atoms with Crippen LogP contribution in [0.2, 0.25) is 0 Å². The molecule has 2 aromatic heterocycles. The number of benzene rings is 2. The van der Waals surface area contributed by atoms with Crippen LogP contribution in [-0.2, 0) is 52.8 Å². The van der Waals surface area contributed by atoms with E-state index in [0.717, 1.165) is 39.0 Å². The van der Waals surface area contributed by atoms with Gasteiger partial charge in [-0.25, -0.2) is 5.43 Å². The third kappa shape index (κ3) is 10.2. The van der Waals surface area contributed by atoms with Crippen LogP contribution in [0.3, 0.4) is 0 Å². The molecule has 16 nitrogen and oxygen atoms in total. The molecule has 6 bridgehead atoms. The number of cyclic esters (lactones) is 1. The number of amides is 4. The van der Waals surface area contributed by atoms with Crippen molar-refractivity contribution in [2.24, 2.45) is 11.3 Å². The van der Waals surface area contributed by atoms with Gasteiger partial charge in [-0.15, -0.1) is 0 Å². The molecule has 2 saturated heterocycles. The number of aryl methyl sites for hydroxylation is 1. The molecule has 0 saturated carbocycles. The van der Waals surface area contributed by atoms with Gasteiger partial charge in [-0.05, 0) is 97.7 Å². The summed E-state index contributed by atoms with van der Waals surface area (Å²) in [6.45, 7) is 13.2. The van der Waals surface area contributed by atoms with Gasteiger partial charge in [0.25, 0.3) is 5.91 Å². The van der Waals surface area contributed by atoms with Crippen molar-refractivity contribution >= 4 is 40.5 Å². The number of carbonyl (C=O) groups is 5. The smallest absolute Gasteiger partial charge is 0.324 e. The van der Waals surface area contributed by atoms with Gasteiger partial charge in [-0.1, -0.05) is 39.8 Å². The summed E-state index contributed by atoms with van der Waals surface area (Å²) in [4.78, 5) is 76.6. The van der Waals surface area contributed by atoms with Crippen molar-refractivity contribution in [3.8, 4) is 28.1 Å². The molecular weight excluding hydrogens is 829 g/mol. The van der Waals surface area contributed by atoms with Crippen molar-refractivity contribution in [3.63, 3.8) is 0 Å². The molecule has 16 heteroatoms. The maximum absolute atomic E-state index is 14.7. The first-order valence-electron chi connectivity index (χ1n) is 22.7. The van der Waals surface area contributed by atoms with E-state index in [1.54, 1.807) is 32.5 Å². The third-order valence-corrected chi connectivity index (χ3v) is 12.8. The van der Waals surface area contributed by atoms with E-state index in [0.29, 0.717) is 43.5 Å². The van der Waals surface area contributed by atoms with Gasteiger partial charge >= 0.3 is 5.97 Å². The number of aromatic hydroxyl groups is 1. The first-order chi connectivity index (χ1) is 30.9. The zero-order valence-electron chi connectivity index (χ0n) is 39.1. The molecule has 7 rings (SSSR count). The molecule has 5 atom stereocenters. The van der Waals surface area contributed by atoms with E-state index in [-0.39, 0.29) is 55.8 Å². The molecule has 4 amide bonds. The van der Waals surface area contributed by atoms with Gasteiger partial charge < -0.3 is 39.6 Å².